The molecule has 0 N–H and O–H groups in total. The molecule has 5 nitrogen and oxygen atoms in total. The largest absolute Gasteiger partial charge is 0.461 e. The number of ether oxygens (including phenoxy) is 1. The number of nitrogens with zero attached hydrogens (tertiary/aromatic N) is 2. The molecule has 0 radical (unpaired) electrons. The summed E-state index contributed by atoms with van der Waals surface area (Å²) in [5.74, 6) is -0.506. The number of rotatable bonds is 5. The van der Waals surface area contributed by atoms with Gasteiger partial charge in [0.25, 0.3) is 0 Å². The Morgan fingerprint density at radius 2 is 1.96 bits per heavy atom. The lowest BCUT2D eigenvalue weighted by Crippen LogP contribution is -2.30. The number of benzene rings is 1. The predicted octanol–water partition coefficient (Wildman–Crippen LogP) is 3.54. The average molecular weight is 342 g/mol. The zero-order chi connectivity index (χ0) is 17.1. The summed E-state index contributed by atoms with van der Waals surface area (Å²) in [4.78, 5) is 27.3. The first-order valence-corrected chi connectivity index (χ1v) is 8.55. The molecule has 2 aromatic heterocycles. The third-order valence-corrected chi connectivity index (χ3v) is 4.75. The van der Waals surface area contributed by atoms with Crippen LogP contribution in [0.1, 0.15) is 17.4 Å². The van der Waals surface area contributed by atoms with E-state index >= 15 is 0 Å². The van der Waals surface area contributed by atoms with Gasteiger partial charge < -0.3 is 14.2 Å². The van der Waals surface area contributed by atoms with Crippen molar-refractivity contribution < 1.29 is 14.3 Å². The first-order valence-electron chi connectivity index (χ1n) is 7.67. The van der Waals surface area contributed by atoms with Crippen LogP contribution in [-0.4, -0.2) is 30.1 Å². The van der Waals surface area contributed by atoms with Gasteiger partial charge in [-0.3, -0.25) is 4.79 Å². The minimum Gasteiger partial charge on any atom is -0.461 e. The molecule has 6 heteroatoms. The van der Waals surface area contributed by atoms with Crippen LogP contribution in [0.15, 0.2) is 47.8 Å². The molecule has 0 fully saturated rings. The molecule has 0 atom stereocenters. The summed E-state index contributed by atoms with van der Waals surface area (Å²) in [5, 5.41) is 2.89. The quantitative estimate of drug-likeness (QED) is 0.666. The van der Waals surface area contributed by atoms with E-state index in [9.17, 15) is 9.59 Å². The van der Waals surface area contributed by atoms with Crippen LogP contribution < -0.4 is 4.90 Å². The molecule has 0 spiro atoms. The van der Waals surface area contributed by atoms with Crippen molar-refractivity contribution in [1.29, 1.82) is 0 Å². The fourth-order valence-electron chi connectivity index (χ4n) is 2.54. The second-order valence-electron chi connectivity index (χ2n) is 5.31. The molecule has 1 amide bonds. The fourth-order valence-corrected chi connectivity index (χ4v) is 3.44. The van der Waals surface area contributed by atoms with Gasteiger partial charge in [-0.15, -0.1) is 11.3 Å². The van der Waals surface area contributed by atoms with E-state index in [0.29, 0.717) is 12.3 Å². The van der Waals surface area contributed by atoms with Crippen molar-refractivity contribution >= 4 is 39.1 Å². The summed E-state index contributed by atoms with van der Waals surface area (Å²) in [6.07, 6.45) is 0. The molecule has 0 unspecified atom stereocenters. The Morgan fingerprint density at radius 3 is 2.67 bits per heavy atom. The van der Waals surface area contributed by atoms with E-state index in [2.05, 4.69) is 0 Å². The van der Waals surface area contributed by atoms with E-state index in [-0.39, 0.29) is 12.5 Å². The standard InChI is InChI=1S/C18H18N2O3S/c1-3-23-18(22)15-11-13-9-10-24-17(13)20(15)12-16(21)19(2)14-7-5-4-6-8-14/h4-11H,3,12H2,1-2H3. The van der Waals surface area contributed by atoms with Gasteiger partial charge >= 0.3 is 5.97 Å². The number of carbonyl (C=O) groups excluding carboxylic acids is 2. The number of fused-ring (bicyclic) bond motifs is 1. The van der Waals surface area contributed by atoms with E-state index in [1.54, 1.807) is 29.5 Å². The monoisotopic (exact) mass is 342 g/mol. The SMILES string of the molecule is CCOC(=O)c1cc2ccsc2n1CC(=O)N(C)c1ccccc1. The van der Waals surface area contributed by atoms with E-state index in [4.69, 9.17) is 4.74 Å². The Hall–Kier alpha value is -2.60. The summed E-state index contributed by atoms with van der Waals surface area (Å²) in [6.45, 7) is 2.15. The number of hydrogen-bond acceptors (Lipinski definition) is 4. The van der Waals surface area contributed by atoms with Gasteiger partial charge in [-0.2, -0.15) is 0 Å². The zero-order valence-corrected chi connectivity index (χ0v) is 14.4. The third-order valence-electron chi connectivity index (χ3n) is 3.80. The Labute approximate surface area is 144 Å². The molecule has 3 rings (SSSR count). The number of para-hydroxylation sites is 1. The van der Waals surface area contributed by atoms with Crippen LogP contribution in [0.2, 0.25) is 0 Å². The van der Waals surface area contributed by atoms with E-state index in [1.165, 1.54) is 11.3 Å². The van der Waals surface area contributed by atoms with Gasteiger partial charge in [0, 0.05) is 18.1 Å². The van der Waals surface area contributed by atoms with Crippen molar-refractivity contribution in [3.8, 4) is 0 Å². The van der Waals surface area contributed by atoms with Gasteiger partial charge in [0.2, 0.25) is 5.91 Å². The van der Waals surface area contributed by atoms with Crippen LogP contribution in [0.4, 0.5) is 5.69 Å². The molecular formula is C18H18N2O3S. The summed E-state index contributed by atoms with van der Waals surface area (Å²) in [5.41, 5.74) is 1.23. The predicted molar refractivity (Wildman–Crippen MR) is 95.6 cm³/mol. The number of hydrogen-bond donors (Lipinski definition) is 0. The Bertz CT molecular complexity index is 867. The van der Waals surface area contributed by atoms with E-state index < -0.39 is 5.97 Å². The molecule has 3 aromatic rings. The highest BCUT2D eigenvalue weighted by Crippen LogP contribution is 2.26. The van der Waals surface area contributed by atoms with Gasteiger partial charge in [0.15, 0.2) is 0 Å². The van der Waals surface area contributed by atoms with Crippen LogP contribution in [0.3, 0.4) is 0 Å². The highest BCUT2D eigenvalue weighted by molar-refractivity contribution is 7.16. The fraction of sp³-hybridized carbons (Fsp3) is 0.222. The topological polar surface area (TPSA) is 51.5 Å². The summed E-state index contributed by atoms with van der Waals surface area (Å²) < 4.78 is 6.85. The first kappa shape index (κ1) is 16.3. The molecule has 2 heterocycles. The van der Waals surface area contributed by atoms with Crippen molar-refractivity contribution in [3.05, 3.63) is 53.5 Å². The molecule has 124 valence electrons. The lowest BCUT2D eigenvalue weighted by atomic mass is 10.3. The van der Waals surface area contributed by atoms with Crippen molar-refractivity contribution in [2.24, 2.45) is 0 Å². The van der Waals surface area contributed by atoms with Crippen LogP contribution in [0, 0.1) is 0 Å². The highest BCUT2D eigenvalue weighted by atomic mass is 32.1. The summed E-state index contributed by atoms with van der Waals surface area (Å²) >= 11 is 1.50. The number of aromatic nitrogens is 1. The second-order valence-corrected chi connectivity index (χ2v) is 6.20. The molecule has 24 heavy (non-hydrogen) atoms. The Kier molecular flexibility index (Phi) is 4.66. The number of likely N-dealkylation sites (N-methyl/N-ethyl adjacent to an activating group) is 1. The molecule has 1 aromatic carbocycles. The van der Waals surface area contributed by atoms with E-state index in [0.717, 1.165) is 15.9 Å². The van der Waals surface area contributed by atoms with Crippen LogP contribution >= 0.6 is 11.3 Å². The lowest BCUT2D eigenvalue weighted by Gasteiger charge is -2.18. The second kappa shape index (κ2) is 6.88. The van der Waals surface area contributed by atoms with Crippen molar-refractivity contribution in [3.63, 3.8) is 0 Å². The minimum absolute atomic E-state index is 0.0869. The number of esters is 1. The highest BCUT2D eigenvalue weighted by Gasteiger charge is 2.21. The molecule has 0 aliphatic rings. The molecule has 0 aliphatic heterocycles. The number of thiophene rings is 1. The van der Waals surface area contributed by atoms with Gasteiger partial charge in [0.05, 0.1) is 6.61 Å². The zero-order valence-electron chi connectivity index (χ0n) is 13.6. The molecule has 0 aliphatic carbocycles. The molecule has 0 bridgehead atoms. The summed E-state index contributed by atoms with van der Waals surface area (Å²) in [6, 6.07) is 13.1. The van der Waals surface area contributed by atoms with Crippen molar-refractivity contribution in [2.75, 3.05) is 18.6 Å². The molecular weight excluding hydrogens is 324 g/mol. The average Bonchev–Trinajstić information content (AvgIpc) is 3.18. The maximum Gasteiger partial charge on any atom is 0.355 e. The van der Waals surface area contributed by atoms with Gasteiger partial charge in [-0.05, 0) is 36.6 Å². The van der Waals surface area contributed by atoms with Crippen molar-refractivity contribution in [1.82, 2.24) is 4.57 Å². The van der Waals surface area contributed by atoms with Gasteiger partial charge in [0.1, 0.15) is 17.1 Å². The smallest absolute Gasteiger partial charge is 0.355 e. The van der Waals surface area contributed by atoms with E-state index in [1.807, 2.05) is 41.8 Å². The molecule has 0 saturated heterocycles. The number of amides is 1. The maximum absolute atomic E-state index is 12.7. The number of anilines is 1. The van der Waals surface area contributed by atoms with Gasteiger partial charge in [-0.1, -0.05) is 18.2 Å². The summed E-state index contributed by atoms with van der Waals surface area (Å²) in [7, 11) is 1.73. The maximum atomic E-state index is 12.7. The first-order chi connectivity index (χ1) is 11.6. The van der Waals surface area contributed by atoms with Crippen LogP contribution in [0.5, 0.6) is 0 Å². The lowest BCUT2D eigenvalue weighted by molar-refractivity contribution is -0.118. The van der Waals surface area contributed by atoms with Gasteiger partial charge in [-0.25, -0.2) is 4.79 Å². The third kappa shape index (κ3) is 3.05. The van der Waals surface area contributed by atoms with Crippen LogP contribution in [0.25, 0.3) is 10.2 Å². The Balaban J connectivity index is 1.91. The minimum atomic E-state index is -0.406. The van der Waals surface area contributed by atoms with Crippen LogP contribution in [-0.2, 0) is 16.1 Å². The normalized spacial score (nSPS) is 10.8. The number of carbonyl (C=O) groups is 2. The van der Waals surface area contributed by atoms with Crippen molar-refractivity contribution in [2.45, 2.75) is 13.5 Å². The Morgan fingerprint density at radius 1 is 1.21 bits per heavy atom. The molecule has 0 saturated carbocycles.